The maximum Gasteiger partial charge on any atom is 0.327 e. The zero-order chi connectivity index (χ0) is 21.4. The van der Waals surface area contributed by atoms with Gasteiger partial charge in [0, 0.05) is 19.8 Å². The van der Waals surface area contributed by atoms with Crippen LogP contribution in [0.3, 0.4) is 0 Å². The van der Waals surface area contributed by atoms with Crippen LogP contribution in [0.1, 0.15) is 22.9 Å². The molecule has 0 bridgehead atoms. The molecule has 3 amide bonds. The lowest BCUT2D eigenvalue weighted by molar-refractivity contribution is -0.140. The maximum absolute atomic E-state index is 13.4. The molecule has 0 aliphatic carbocycles. The summed E-state index contributed by atoms with van der Waals surface area (Å²) in [6.07, 6.45) is -0.763. The summed E-state index contributed by atoms with van der Waals surface area (Å²) in [7, 11) is 3.22. The third-order valence-electron chi connectivity index (χ3n) is 5.67. The average Bonchev–Trinajstić information content (AvgIpc) is 2.74. The van der Waals surface area contributed by atoms with Crippen molar-refractivity contribution in [3.8, 4) is 0 Å². The summed E-state index contributed by atoms with van der Waals surface area (Å²) in [5.74, 6) is -0.223. The monoisotopic (exact) mass is 428 g/mol. The lowest BCUT2D eigenvalue weighted by atomic mass is 9.96. The summed E-state index contributed by atoms with van der Waals surface area (Å²) in [5.41, 5.74) is 3.21. The van der Waals surface area contributed by atoms with Crippen molar-refractivity contribution in [1.82, 2.24) is 20.4 Å². The number of carbonyl (C=O) groups is 2. The Bertz CT molecular complexity index is 954. The summed E-state index contributed by atoms with van der Waals surface area (Å²) in [6, 6.07) is 14.2. The highest BCUT2D eigenvalue weighted by Gasteiger charge is 2.50. The first-order valence-corrected chi connectivity index (χ1v) is 10.9. The van der Waals surface area contributed by atoms with Crippen molar-refractivity contribution in [2.45, 2.75) is 30.4 Å². The Kier molecular flexibility index (Phi) is 5.81. The number of fused-ring (bicyclic) bond motifs is 1. The van der Waals surface area contributed by atoms with Crippen LogP contribution in [0.25, 0.3) is 0 Å². The molecule has 2 heterocycles. The van der Waals surface area contributed by atoms with Crippen LogP contribution in [-0.2, 0) is 10.5 Å². The van der Waals surface area contributed by atoms with E-state index in [0.29, 0.717) is 0 Å². The highest BCUT2D eigenvalue weighted by Crippen LogP contribution is 2.35. The molecule has 8 heteroatoms. The summed E-state index contributed by atoms with van der Waals surface area (Å²) in [5, 5.41) is 6.65. The number of thioether (sulfide) groups is 1. The van der Waals surface area contributed by atoms with E-state index in [-0.39, 0.29) is 29.3 Å². The van der Waals surface area contributed by atoms with Gasteiger partial charge in [-0.3, -0.25) is 20.3 Å². The van der Waals surface area contributed by atoms with E-state index in [2.05, 4.69) is 35.8 Å². The first-order valence-electron chi connectivity index (χ1n) is 9.84. The van der Waals surface area contributed by atoms with Gasteiger partial charge in [-0.2, -0.15) is 0 Å². The first kappa shape index (κ1) is 20.8. The fraction of sp³-hybridized carbons (Fsp3) is 0.364. The van der Waals surface area contributed by atoms with Crippen molar-refractivity contribution in [3.05, 3.63) is 71.0 Å². The second-order valence-corrected chi connectivity index (χ2v) is 8.93. The minimum absolute atomic E-state index is 0.206. The molecule has 0 aromatic heterocycles. The van der Waals surface area contributed by atoms with Gasteiger partial charge in [-0.1, -0.05) is 42.0 Å². The number of carbonyl (C=O) groups excluding carboxylic acids is 2. The predicted molar refractivity (Wildman–Crippen MR) is 115 cm³/mol. The van der Waals surface area contributed by atoms with Gasteiger partial charge in [-0.15, -0.1) is 11.8 Å². The molecule has 2 aliphatic rings. The van der Waals surface area contributed by atoms with Crippen molar-refractivity contribution >= 4 is 23.7 Å². The van der Waals surface area contributed by atoms with E-state index in [0.717, 1.165) is 11.3 Å². The van der Waals surface area contributed by atoms with Crippen LogP contribution in [0, 0.1) is 18.7 Å². The fourth-order valence-corrected chi connectivity index (χ4v) is 5.29. The molecule has 0 saturated carbocycles. The average molecular weight is 429 g/mol. The third kappa shape index (κ3) is 3.95. The molecule has 0 spiro atoms. The largest absolute Gasteiger partial charge is 0.327 e. The number of benzene rings is 2. The highest BCUT2D eigenvalue weighted by atomic mass is 32.2. The van der Waals surface area contributed by atoms with Crippen LogP contribution in [0.2, 0.25) is 0 Å². The Morgan fingerprint density at radius 1 is 1.07 bits per heavy atom. The van der Waals surface area contributed by atoms with Gasteiger partial charge in [-0.25, -0.2) is 9.18 Å². The fourth-order valence-electron chi connectivity index (χ4n) is 4.03. The molecular formula is C22H25FN4O2S. The lowest BCUT2D eigenvalue weighted by Gasteiger charge is -2.50. The highest BCUT2D eigenvalue weighted by molar-refractivity contribution is 7.99. The first-order chi connectivity index (χ1) is 14.3. The van der Waals surface area contributed by atoms with Gasteiger partial charge in [0.05, 0.1) is 23.6 Å². The topological polar surface area (TPSA) is 64.7 Å². The van der Waals surface area contributed by atoms with Gasteiger partial charge in [0.2, 0.25) is 5.91 Å². The number of halogens is 1. The van der Waals surface area contributed by atoms with Gasteiger partial charge in [0.25, 0.3) is 0 Å². The smallest absolute Gasteiger partial charge is 0.311 e. The van der Waals surface area contributed by atoms with Crippen molar-refractivity contribution in [3.63, 3.8) is 0 Å². The number of nitrogens with zero attached hydrogens (tertiary/aromatic N) is 2. The van der Waals surface area contributed by atoms with Crippen molar-refractivity contribution in [2.75, 3.05) is 14.1 Å². The number of urea groups is 1. The number of rotatable bonds is 4. The number of hydrogen-bond acceptors (Lipinski definition) is 5. The van der Waals surface area contributed by atoms with Crippen LogP contribution in [0.4, 0.5) is 9.18 Å². The summed E-state index contributed by atoms with van der Waals surface area (Å²) >= 11 is 1.64. The molecule has 4 unspecified atom stereocenters. The minimum Gasteiger partial charge on any atom is -0.311 e. The van der Waals surface area contributed by atoms with E-state index in [1.807, 2.05) is 6.07 Å². The Hall–Kier alpha value is -2.42. The Morgan fingerprint density at radius 2 is 1.80 bits per heavy atom. The predicted octanol–water partition coefficient (Wildman–Crippen LogP) is 3.05. The van der Waals surface area contributed by atoms with Gasteiger partial charge in [0.15, 0.2) is 0 Å². The van der Waals surface area contributed by atoms with Crippen LogP contribution < -0.4 is 10.6 Å². The number of aryl methyl sites for hydroxylation is 1. The zero-order valence-corrected chi connectivity index (χ0v) is 17.9. The lowest BCUT2D eigenvalue weighted by Crippen LogP contribution is -2.72. The Labute approximate surface area is 179 Å². The molecule has 2 aromatic carbocycles. The quantitative estimate of drug-likeness (QED) is 0.784. The van der Waals surface area contributed by atoms with E-state index >= 15 is 0 Å². The molecule has 4 rings (SSSR count). The summed E-state index contributed by atoms with van der Waals surface area (Å²) in [6.45, 7) is 2.05. The molecule has 2 saturated heterocycles. The second-order valence-electron chi connectivity index (χ2n) is 7.80. The molecule has 158 valence electrons. The molecule has 6 nitrogen and oxygen atoms in total. The summed E-state index contributed by atoms with van der Waals surface area (Å²) < 4.78 is 13.4. The van der Waals surface area contributed by atoms with Crippen LogP contribution >= 0.6 is 11.8 Å². The molecule has 4 atom stereocenters. The number of hydrogen-bond donors (Lipinski definition) is 2. The van der Waals surface area contributed by atoms with E-state index in [9.17, 15) is 14.0 Å². The maximum atomic E-state index is 13.4. The third-order valence-corrected chi connectivity index (χ3v) is 6.96. The standard InChI is InChI=1S/C22H25FN4O2S/c1-13-5-4-6-14(11-13)12-30-20-17-19(26(2)22(29)27(3)21(17)28)24-18(25-20)15-7-9-16(23)10-8-15/h4-11,17-20,24-25H,12H2,1-3H3. The van der Waals surface area contributed by atoms with E-state index < -0.39 is 12.1 Å². The van der Waals surface area contributed by atoms with Gasteiger partial charge >= 0.3 is 6.03 Å². The van der Waals surface area contributed by atoms with Crippen molar-refractivity contribution in [2.24, 2.45) is 5.92 Å². The number of amides is 3. The summed E-state index contributed by atoms with van der Waals surface area (Å²) in [4.78, 5) is 28.3. The molecule has 2 fully saturated rings. The molecule has 30 heavy (non-hydrogen) atoms. The number of nitrogens with one attached hydrogen (secondary N) is 2. The van der Waals surface area contributed by atoms with Crippen molar-refractivity contribution < 1.29 is 14.0 Å². The van der Waals surface area contributed by atoms with E-state index in [4.69, 9.17) is 0 Å². The number of imide groups is 1. The van der Waals surface area contributed by atoms with Crippen molar-refractivity contribution in [1.29, 1.82) is 0 Å². The van der Waals surface area contributed by atoms with Gasteiger partial charge < -0.3 is 4.90 Å². The second kappa shape index (κ2) is 8.37. The molecule has 2 aliphatic heterocycles. The zero-order valence-electron chi connectivity index (χ0n) is 17.1. The Morgan fingerprint density at radius 3 is 2.50 bits per heavy atom. The van der Waals surface area contributed by atoms with Gasteiger partial charge in [-0.05, 0) is 30.2 Å². The van der Waals surface area contributed by atoms with Crippen LogP contribution in [0.5, 0.6) is 0 Å². The normalized spacial score (nSPS) is 26.7. The molecule has 0 radical (unpaired) electrons. The van der Waals surface area contributed by atoms with Crippen LogP contribution in [-0.4, -0.2) is 47.4 Å². The van der Waals surface area contributed by atoms with Gasteiger partial charge in [0.1, 0.15) is 5.82 Å². The van der Waals surface area contributed by atoms with E-state index in [1.165, 1.54) is 35.2 Å². The SMILES string of the molecule is Cc1cccc(CSC2NC(c3ccc(F)cc3)NC3C2C(=O)N(C)C(=O)N3C)c1. The molecule has 2 N–H and O–H groups in total. The Balaban J connectivity index is 1.62. The van der Waals surface area contributed by atoms with Crippen LogP contribution in [0.15, 0.2) is 48.5 Å². The van der Waals surface area contributed by atoms with E-state index in [1.54, 1.807) is 35.8 Å². The minimum atomic E-state index is -0.451. The molecule has 2 aromatic rings. The molecular weight excluding hydrogens is 403 g/mol.